The van der Waals surface area contributed by atoms with Gasteiger partial charge in [-0.25, -0.2) is 4.52 Å². The Morgan fingerprint density at radius 2 is 1.83 bits per heavy atom. The number of Topliss-reactive ketones (excluding diaryl/α,β-unsaturated/α-hetero) is 1. The van der Waals surface area contributed by atoms with Crippen LogP contribution in [0.4, 0.5) is 5.95 Å². The van der Waals surface area contributed by atoms with E-state index >= 15 is 0 Å². The fourth-order valence-electron chi connectivity index (χ4n) is 3.02. The highest BCUT2D eigenvalue weighted by atomic mass is 32.1. The molecule has 0 spiro atoms. The smallest absolute Gasteiger partial charge is 0.250 e. The third-order valence-electron chi connectivity index (χ3n) is 4.81. The highest BCUT2D eigenvalue weighted by molar-refractivity contribution is 7.15. The van der Waals surface area contributed by atoms with E-state index in [1.807, 2.05) is 61.7 Å². The number of rotatable bonds is 6. The van der Waals surface area contributed by atoms with Crippen LogP contribution in [0.2, 0.25) is 0 Å². The number of ketones is 1. The van der Waals surface area contributed by atoms with Gasteiger partial charge in [-0.3, -0.25) is 14.9 Å². The minimum atomic E-state index is -0.276. The first kappa shape index (κ1) is 19.0. The molecule has 4 aromatic rings. The summed E-state index contributed by atoms with van der Waals surface area (Å²) >= 11 is 1.46. The second kappa shape index (κ2) is 7.97. The normalized spacial score (nSPS) is 11.0. The summed E-state index contributed by atoms with van der Waals surface area (Å²) in [5, 5.41) is 9.08. The lowest BCUT2D eigenvalue weighted by molar-refractivity contribution is -0.116. The Hall–Kier alpha value is -3.32. The van der Waals surface area contributed by atoms with Gasteiger partial charge < -0.3 is 0 Å². The number of anilines is 1. The summed E-state index contributed by atoms with van der Waals surface area (Å²) in [6.45, 7) is 3.97. The van der Waals surface area contributed by atoms with E-state index in [2.05, 4.69) is 15.4 Å². The quantitative estimate of drug-likeness (QED) is 0.474. The summed E-state index contributed by atoms with van der Waals surface area (Å²) in [5.74, 6) is -0.0762. The molecule has 0 unspecified atom stereocenters. The summed E-state index contributed by atoms with van der Waals surface area (Å²) in [6, 6.07) is 15.5. The standard InChI is InChI=1S/C22H20N4O2S/c1-14-8-9-17(12-15(14)2)19(27)10-11-20(28)23-21-24-22-26(25-21)18(13-29-22)16-6-4-3-5-7-16/h3-9,12-13H,10-11H2,1-2H3,(H,23,25,28). The van der Waals surface area contributed by atoms with Crippen molar-refractivity contribution in [3.63, 3.8) is 0 Å². The third-order valence-corrected chi connectivity index (χ3v) is 5.63. The molecule has 1 N–H and O–H groups in total. The van der Waals surface area contributed by atoms with Crippen LogP contribution in [0.15, 0.2) is 53.9 Å². The van der Waals surface area contributed by atoms with E-state index < -0.39 is 0 Å². The molecule has 0 aliphatic heterocycles. The van der Waals surface area contributed by atoms with Gasteiger partial charge in [0.15, 0.2) is 5.78 Å². The summed E-state index contributed by atoms with van der Waals surface area (Å²) < 4.78 is 1.72. The predicted octanol–water partition coefficient (Wildman–Crippen LogP) is 4.68. The van der Waals surface area contributed by atoms with E-state index in [1.54, 1.807) is 10.6 Å². The van der Waals surface area contributed by atoms with Crippen LogP contribution >= 0.6 is 11.3 Å². The Balaban J connectivity index is 1.41. The van der Waals surface area contributed by atoms with Gasteiger partial charge in [0.2, 0.25) is 16.8 Å². The van der Waals surface area contributed by atoms with Gasteiger partial charge in [0.05, 0.1) is 5.69 Å². The SMILES string of the molecule is Cc1ccc(C(=O)CCC(=O)Nc2nc3scc(-c4ccccc4)n3n2)cc1C. The molecule has 0 aliphatic carbocycles. The highest BCUT2D eigenvalue weighted by Gasteiger charge is 2.15. The van der Waals surface area contributed by atoms with Crippen LogP contribution in [-0.2, 0) is 4.79 Å². The first-order valence-corrected chi connectivity index (χ1v) is 10.2. The van der Waals surface area contributed by atoms with Crippen molar-refractivity contribution in [1.82, 2.24) is 14.6 Å². The van der Waals surface area contributed by atoms with Gasteiger partial charge in [0.25, 0.3) is 0 Å². The topological polar surface area (TPSA) is 76.4 Å². The fourth-order valence-corrected chi connectivity index (χ4v) is 3.85. The van der Waals surface area contributed by atoms with E-state index in [9.17, 15) is 9.59 Å². The van der Waals surface area contributed by atoms with E-state index in [0.29, 0.717) is 10.5 Å². The minimum absolute atomic E-state index is 0.0478. The number of carbonyl (C=O) groups excluding carboxylic acids is 2. The maximum absolute atomic E-state index is 12.4. The molecule has 7 heteroatoms. The molecular formula is C22H20N4O2S. The fraction of sp³-hybridized carbons (Fsp3) is 0.182. The molecule has 0 fully saturated rings. The average molecular weight is 404 g/mol. The number of hydrogen-bond donors (Lipinski definition) is 1. The lowest BCUT2D eigenvalue weighted by Crippen LogP contribution is -2.14. The number of hydrogen-bond acceptors (Lipinski definition) is 5. The number of aryl methyl sites for hydroxylation is 2. The molecule has 0 radical (unpaired) electrons. The zero-order chi connectivity index (χ0) is 20.4. The zero-order valence-corrected chi connectivity index (χ0v) is 17.0. The van der Waals surface area contributed by atoms with Gasteiger partial charge in [-0.1, -0.05) is 42.5 Å². The lowest BCUT2D eigenvalue weighted by Gasteiger charge is -2.05. The maximum Gasteiger partial charge on any atom is 0.250 e. The number of aromatic nitrogens is 3. The van der Waals surface area contributed by atoms with Gasteiger partial charge in [0.1, 0.15) is 0 Å². The predicted molar refractivity (Wildman–Crippen MR) is 114 cm³/mol. The summed E-state index contributed by atoms with van der Waals surface area (Å²) in [5.41, 5.74) is 4.79. The number of carbonyl (C=O) groups is 2. The van der Waals surface area contributed by atoms with E-state index in [0.717, 1.165) is 22.4 Å². The Morgan fingerprint density at radius 3 is 2.59 bits per heavy atom. The molecule has 2 heterocycles. The molecule has 29 heavy (non-hydrogen) atoms. The van der Waals surface area contributed by atoms with Crippen molar-refractivity contribution in [2.75, 3.05) is 5.32 Å². The molecule has 0 bridgehead atoms. The number of nitrogens with zero attached hydrogens (tertiary/aromatic N) is 3. The van der Waals surface area contributed by atoms with Crippen LogP contribution in [0.25, 0.3) is 16.2 Å². The molecule has 0 aliphatic rings. The number of fused-ring (bicyclic) bond motifs is 1. The molecular weight excluding hydrogens is 384 g/mol. The number of thiazole rings is 1. The molecule has 4 rings (SSSR count). The molecule has 2 aromatic heterocycles. The Morgan fingerprint density at radius 1 is 1.03 bits per heavy atom. The van der Waals surface area contributed by atoms with Crippen molar-refractivity contribution < 1.29 is 9.59 Å². The summed E-state index contributed by atoms with van der Waals surface area (Å²) in [6.07, 6.45) is 0.232. The largest absolute Gasteiger partial charge is 0.294 e. The van der Waals surface area contributed by atoms with Crippen LogP contribution in [-0.4, -0.2) is 26.3 Å². The summed E-state index contributed by atoms with van der Waals surface area (Å²) in [7, 11) is 0. The van der Waals surface area contributed by atoms with Crippen molar-refractivity contribution >= 4 is 33.9 Å². The van der Waals surface area contributed by atoms with Crippen molar-refractivity contribution in [3.05, 3.63) is 70.6 Å². The Kier molecular flexibility index (Phi) is 5.22. The van der Waals surface area contributed by atoms with Crippen LogP contribution in [0.1, 0.15) is 34.3 Å². The van der Waals surface area contributed by atoms with Gasteiger partial charge >= 0.3 is 0 Å². The molecule has 0 saturated heterocycles. The lowest BCUT2D eigenvalue weighted by atomic mass is 10.0. The van der Waals surface area contributed by atoms with E-state index in [1.165, 1.54) is 11.3 Å². The van der Waals surface area contributed by atoms with Crippen molar-refractivity contribution in [1.29, 1.82) is 0 Å². The van der Waals surface area contributed by atoms with Crippen molar-refractivity contribution in [2.24, 2.45) is 0 Å². The van der Waals surface area contributed by atoms with E-state index in [4.69, 9.17) is 0 Å². The van der Waals surface area contributed by atoms with E-state index in [-0.39, 0.29) is 30.5 Å². The van der Waals surface area contributed by atoms with Crippen LogP contribution in [0, 0.1) is 13.8 Å². The zero-order valence-electron chi connectivity index (χ0n) is 16.2. The first-order valence-electron chi connectivity index (χ1n) is 9.31. The minimum Gasteiger partial charge on any atom is -0.294 e. The van der Waals surface area contributed by atoms with Crippen LogP contribution in [0.5, 0.6) is 0 Å². The number of amides is 1. The second-order valence-electron chi connectivity index (χ2n) is 6.89. The third kappa shape index (κ3) is 4.09. The summed E-state index contributed by atoms with van der Waals surface area (Å²) in [4.78, 5) is 29.7. The van der Waals surface area contributed by atoms with Crippen LogP contribution in [0.3, 0.4) is 0 Å². The van der Waals surface area contributed by atoms with Gasteiger partial charge in [0, 0.05) is 29.3 Å². The maximum atomic E-state index is 12.4. The van der Waals surface area contributed by atoms with Gasteiger partial charge in [-0.05, 0) is 31.0 Å². The monoisotopic (exact) mass is 404 g/mol. The molecule has 0 saturated carbocycles. The molecule has 2 aromatic carbocycles. The number of nitrogens with one attached hydrogen (secondary N) is 1. The molecule has 6 nitrogen and oxygen atoms in total. The van der Waals surface area contributed by atoms with Gasteiger partial charge in [-0.2, -0.15) is 4.98 Å². The molecule has 1 amide bonds. The Bertz CT molecular complexity index is 1190. The molecule has 146 valence electrons. The van der Waals surface area contributed by atoms with Crippen molar-refractivity contribution in [3.8, 4) is 11.3 Å². The number of benzene rings is 2. The van der Waals surface area contributed by atoms with Crippen molar-refractivity contribution in [2.45, 2.75) is 26.7 Å². The molecule has 0 atom stereocenters. The van der Waals surface area contributed by atoms with Crippen LogP contribution < -0.4 is 5.32 Å². The second-order valence-corrected chi connectivity index (χ2v) is 7.72. The first-order chi connectivity index (χ1) is 14.0. The average Bonchev–Trinajstić information content (AvgIpc) is 3.29. The Labute approximate surface area is 172 Å². The highest BCUT2D eigenvalue weighted by Crippen LogP contribution is 2.25. The van der Waals surface area contributed by atoms with Gasteiger partial charge in [-0.15, -0.1) is 16.4 Å².